The third-order valence-corrected chi connectivity index (χ3v) is 6.48. The number of hydrogen-bond donors (Lipinski definition) is 0. The van der Waals surface area contributed by atoms with Crippen LogP contribution in [0.3, 0.4) is 0 Å². The standard InChI is InChI=1S/C21H24N4OS/c1-24-9-7-16(8-10-24)26-20-17-5-3-2-4-15(17)6-11-25-13-18(23-21(20)25)19-12-22-14-27-19/h2-5,12-14,16,20H,6-11H2,1H3. The molecule has 5 nitrogen and oxygen atoms in total. The molecule has 0 N–H and O–H groups in total. The Morgan fingerprint density at radius 2 is 2.00 bits per heavy atom. The molecule has 27 heavy (non-hydrogen) atoms. The molecule has 1 fully saturated rings. The average Bonchev–Trinajstić information content (AvgIpc) is 3.34. The first-order chi connectivity index (χ1) is 13.3. The lowest BCUT2D eigenvalue weighted by Crippen LogP contribution is -2.35. The van der Waals surface area contributed by atoms with Gasteiger partial charge >= 0.3 is 0 Å². The highest BCUT2D eigenvalue weighted by Crippen LogP contribution is 2.36. The van der Waals surface area contributed by atoms with Crippen molar-refractivity contribution in [2.75, 3.05) is 20.1 Å². The van der Waals surface area contributed by atoms with Crippen molar-refractivity contribution in [2.45, 2.75) is 38.0 Å². The molecule has 0 aliphatic carbocycles. The molecule has 1 atom stereocenters. The second-order valence-corrected chi connectivity index (χ2v) is 8.40. The lowest BCUT2D eigenvalue weighted by molar-refractivity contribution is -0.0275. The van der Waals surface area contributed by atoms with Gasteiger partial charge in [-0.1, -0.05) is 24.3 Å². The van der Waals surface area contributed by atoms with Gasteiger partial charge in [-0.2, -0.15) is 0 Å². The van der Waals surface area contributed by atoms with E-state index in [1.54, 1.807) is 11.3 Å². The molecule has 4 heterocycles. The Bertz CT molecular complexity index is 912. The van der Waals surface area contributed by atoms with Crippen LogP contribution in [-0.4, -0.2) is 45.7 Å². The van der Waals surface area contributed by atoms with Gasteiger partial charge in [-0.3, -0.25) is 4.98 Å². The first-order valence-corrected chi connectivity index (χ1v) is 10.5. The fraction of sp³-hybridized carbons (Fsp3) is 0.429. The Morgan fingerprint density at radius 3 is 2.81 bits per heavy atom. The van der Waals surface area contributed by atoms with Gasteiger partial charge in [0, 0.05) is 32.0 Å². The number of aromatic nitrogens is 3. The van der Waals surface area contributed by atoms with Crippen LogP contribution in [-0.2, 0) is 17.7 Å². The van der Waals surface area contributed by atoms with Crippen LogP contribution >= 0.6 is 11.3 Å². The van der Waals surface area contributed by atoms with Crippen molar-refractivity contribution >= 4 is 11.3 Å². The molecule has 0 radical (unpaired) electrons. The Hall–Kier alpha value is -2.02. The molecule has 2 aliphatic rings. The second kappa shape index (κ2) is 7.19. The molecule has 0 amide bonds. The van der Waals surface area contributed by atoms with Crippen molar-refractivity contribution < 1.29 is 4.74 Å². The van der Waals surface area contributed by atoms with Crippen LogP contribution in [0.25, 0.3) is 10.6 Å². The maximum absolute atomic E-state index is 6.72. The van der Waals surface area contributed by atoms with Crippen molar-refractivity contribution in [1.82, 2.24) is 19.4 Å². The van der Waals surface area contributed by atoms with Crippen molar-refractivity contribution in [2.24, 2.45) is 0 Å². The number of thiazole rings is 1. The monoisotopic (exact) mass is 380 g/mol. The van der Waals surface area contributed by atoms with E-state index in [9.17, 15) is 0 Å². The van der Waals surface area contributed by atoms with E-state index in [1.165, 1.54) is 11.1 Å². The molecule has 0 saturated carbocycles. The van der Waals surface area contributed by atoms with Gasteiger partial charge in [0.1, 0.15) is 17.6 Å². The van der Waals surface area contributed by atoms with Gasteiger partial charge in [-0.05, 0) is 37.4 Å². The zero-order valence-corrected chi connectivity index (χ0v) is 16.4. The minimum atomic E-state index is -0.0984. The Kier molecular flexibility index (Phi) is 4.55. The van der Waals surface area contributed by atoms with E-state index in [4.69, 9.17) is 9.72 Å². The van der Waals surface area contributed by atoms with Gasteiger partial charge in [-0.25, -0.2) is 4.98 Å². The summed E-state index contributed by atoms with van der Waals surface area (Å²) in [5.41, 5.74) is 5.52. The summed E-state index contributed by atoms with van der Waals surface area (Å²) < 4.78 is 9.01. The van der Waals surface area contributed by atoms with Crippen LogP contribution in [0, 0.1) is 0 Å². The Labute approximate surface area is 163 Å². The zero-order valence-electron chi connectivity index (χ0n) is 15.5. The van der Waals surface area contributed by atoms with Gasteiger partial charge in [0.25, 0.3) is 0 Å². The molecule has 1 saturated heterocycles. The minimum absolute atomic E-state index is 0.0984. The Balaban J connectivity index is 1.53. The number of ether oxygens (including phenoxy) is 1. The predicted molar refractivity (Wildman–Crippen MR) is 107 cm³/mol. The molecule has 5 rings (SSSR count). The highest BCUT2D eigenvalue weighted by Gasteiger charge is 2.30. The number of imidazole rings is 1. The number of benzene rings is 1. The minimum Gasteiger partial charge on any atom is -0.362 e. The summed E-state index contributed by atoms with van der Waals surface area (Å²) in [5.74, 6) is 1.03. The third-order valence-electron chi connectivity index (χ3n) is 5.68. The summed E-state index contributed by atoms with van der Waals surface area (Å²) in [4.78, 5) is 12.7. The Morgan fingerprint density at radius 1 is 1.15 bits per heavy atom. The summed E-state index contributed by atoms with van der Waals surface area (Å²) >= 11 is 1.63. The van der Waals surface area contributed by atoms with Gasteiger partial charge in [0.15, 0.2) is 0 Å². The topological polar surface area (TPSA) is 43.2 Å². The second-order valence-electron chi connectivity index (χ2n) is 7.51. The van der Waals surface area contributed by atoms with Gasteiger partial charge in [-0.15, -0.1) is 11.3 Å². The quantitative estimate of drug-likeness (QED) is 0.694. The molecule has 140 valence electrons. The zero-order chi connectivity index (χ0) is 18.2. The van der Waals surface area contributed by atoms with E-state index in [1.807, 2.05) is 11.7 Å². The van der Waals surface area contributed by atoms with E-state index in [2.05, 4.69) is 52.0 Å². The summed E-state index contributed by atoms with van der Waals surface area (Å²) in [5, 5.41) is 0. The molecule has 6 heteroatoms. The van der Waals surface area contributed by atoms with Gasteiger partial charge in [0.2, 0.25) is 0 Å². The van der Waals surface area contributed by atoms with Crippen LogP contribution < -0.4 is 0 Å². The number of nitrogens with zero attached hydrogens (tertiary/aromatic N) is 4. The number of piperidine rings is 1. The number of aryl methyl sites for hydroxylation is 2. The van der Waals surface area contributed by atoms with Crippen LogP contribution in [0.4, 0.5) is 0 Å². The molecule has 1 unspecified atom stereocenters. The third kappa shape index (κ3) is 3.33. The molecule has 0 spiro atoms. The normalized spacial score (nSPS) is 20.9. The van der Waals surface area contributed by atoms with Crippen LogP contribution in [0.5, 0.6) is 0 Å². The smallest absolute Gasteiger partial charge is 0.143 e. The van der Waals surface area contributed by atoms with Gasteiger partial charge in [0.05, 0.1) is 16.5 Å². The van der Waals surface area contributed by atoms with Crippen molar-refractivity contribution in [1.29, 1.82) is 0 Å². The van der Waals surface area contributed by atoms with E-state index < -0.39 is 0 Å². The fourth-order valence-corrected chi connectivity index (χ4v) is 4.70. The lowest BCUT2D eigenvalue weighted by atomic mass is 10.00. The summed E-state index contributed by atoms with van der Waals surface area (Å²) in [7, 11) is 2.19. The molecule has 2 aromatic heterocycles. The van der Waals surface area contributed by atoms with E-state index in [0.717, 1.165) is 55.3 Å². The predicted octanol–water partition coefficient (Wildman–Crippen LogP) is 3.76. The summed E-state index contributed by atoms with van der Waals surface area (Å²) in [6, 6.07) is 8.69. The van der Waals surface area contributed by atoms with Crippen molar-refractivity contribution in [3.8, 4) is 10.6 Å². The lowest BCUT2D eigenvalue weighted by Gasteiger charge is -2.32. The SMILES string of the molecule is CN1CCC(OC2c3ccccc3CCn3cc(-c4cncs4)nc32)CC1. The average molecular weight is 381 g/mol. The largest absolute Gasteiger partial charge is 0.362 e. The fourth-order valence-electron chi connectivity index (χ4n) is 4.12. The van der Waals surface area contributed by atoms with E-state index >= 15 is 0 Å². The van der Waals surface area contributed by atoms with Crippen LogP contribution in [0.15, 0.2) is 42.2 Å². The number of likely N-dealkylation sites (tertiary alicyclic amines) is 1. The molecule has 2 aliphatic heterocycles. The number of hydrogen-bond acceptors (Lipinski definition) is 5. The molecular weight excluding hydrogens is 356 g/mol. The maximum atomic E-state index is 6.72. The van der Waals surface area contributed by atoms with E-state index in [0.29, 0.717) is 0 Å². The highest BCUT2D eigenvalue weighted by atomic mass is 32.1. The van der Waals surface area contributed by atoms with Gasteiger partial charge < -0.3 is 14.2 Å². The summed E-state index contributed by atoms with van der Waals surface area (Å²) in [6.45, 7) is 3.13. The number of fused-ring (bicyclic) bond motifs is 2. The molecule has 0 bridgehead atoms. The van der Waals surface area contributed by atoms with Crippen molar-refractivity contribution in [3.05, 3.63) is 59.1 Å². The number of rotatable bonds is 3. The molecule has 3 aromatic rings. The molecule has 1 aromatic carbocycles. The summed E-state index contributed by atoms with van der Waals surface area (Å²) in [6.07, 6.45) is 7.42. The maximum Gasteiger partial charge on any atom is 0.143 e. The van der Waals surface area contributed by atoms with E-state index in [-0.39, 0.29) is 12.2 Å². The van der Waals surface area contributed by atoms with Crippen LogP contribution in [0.1, 0.15) is 35.9 Å². The first-order valence-electron chi connectivity index (χ1n) is 9.65. The first kappa shape index (κ1) is 17.1. The highest BCUT2D eigenvalue weighted by molar-refractivity contribution is 7.13. The van der Waals surface area contributed by atoms with Crippen LogP contribution in [0.2, 0.25) is 0 Å². The van der Waals surface area contributed by atoms with Crippen molar-refractivity contribution in [3.63, 3.8) is 0 Å². The molecular formula is C21H24N4OS.